The second-order valence-electron chi connectivity index (χ2n) is 5.23. The molecule has 0 saturated heterocycles. The van der Waals surface area contributed by atoms with Gasteiger partial charge in [-0.25, -0.2) is 13.1 Å². The van der Waals surface area contributed by atoms with Crippen molar-refractivity contribution >= 4 is 15.9 Å². The molecule has 0 fully saturated rings. The molecule has 7 heteroatoms. The van der Waals surface area contributed by atoms with Crippen LogP contribution in [-0.4, -0.2) is 28.0 Å². The predicted octanol–water partition coefficient (Wildman–Crippen LogP) is 1.60. The summed E-state index contributed by atoms with van der Waals surface area (Å²) in [5, 5.41) is 2.66. The molecular formula is C17H20N2O4S. The van der Waals surface area contributed by atoms with Gasteiger partial charge >= 0.3 is 0 Å². The van der Waals surface area contributed by atoms with Crippen LogP contribution in [0.25, 0.3) is 0 Å². The minimum Gasteiger partial charge on any atom is -0.496 e. The molecule has 2 aromatic rings. The normalized spacial score (nSPS) is 11.1. The maximum atomic E-state index is 12.2. The number of nitrogens with one attached hydrogen (secondary N) is 2. The number of sulfonamides is 1. The molecule has 0 aliphatic carbocycles. The number of para-hydroxylation sites is 1. The first kappa shape index (κ1) is 18.0. The molecule has 0 aliphatic heterocycles. The molecule has 24 heavy (non-hydrogen) atoms. The summed E-state index contributed by atoms with van der Waals surface area (Å²) in [4.78, 5) is 12.0. The average Bonchev–Trinajstić information content (AvgIpc) is 2.58. The zero-order valence-corrected chi connectivity index (χ0v) is 14.4. The Hall–Kier alpha value is -2.38. The fourth-order valence-electron chi connectivity index (χ4n) is 2.13. The van der Waals surface area contributed by atoms with E-state index in [9.17, 15) is 13.2 Å². The van der Waals surface area contributed by atoms with Crippen molar-refractivity contribution in [2.75, 3.05) is 13.7 Å². The number of ether oxygens (including phenoxy) is 1. The lowest BCUT2D eigenvalue weighted by Gasteiger charge is -2.10. The predicted molar refractivity (Wildman–Crippen MR) is 91.2 cm³/mol. The summed E-state index contributed by atoms with van der Waals surface area (Å²) >= 11 is 0. The monoisotopic (exact) mass is 348 g/mol. The lowest BCUT2D eigenvalue weighted by atomic mass is 10.2. The van der Waals surface area contributed by atoms with Gasteiger partial charge in [0.25, 0.3) is 0 Å². The maximum absolute atomic E-state index is 12.2. The third-order valence-electron chi connectivity index (χ3n) is 3.39. The number of carbonyl (C=O) groups excluding carboxylic acids is 1. The highest BCUT2D eigenvalue weighted by Crippen LogP contribution is 2.16. The molecular weight excluding hydrogens is 328 g/mol. The van der Waals surface area contributed by atoms with Crippen LogP contribution in [0.4, 0.5) is 0 Å². The van der Waals surface area contributed by atoms with Gasteiger partial charge in [-0.3, -0.25) is 4.79 Å². The Labute approximate surface area is 141 Å². The number of benzene rings is 2. The third-order valence-corrected chi connectivity index (χ3v) is 4.79. The van der Waals surface area contributed by atoms with Gasteiger partial charge in [0.15, 0.2) is 0 Å². The summed E-state index contributed by atoms with van der Waals surface area (Å²) in [5.74, 6) is 0.246. The Balaban J connectivity index is 1.91. The zero-order chi connectivity index (χ0) is 17.6. The summed E-state index contributed by atoms with van der Waals surface area (Å²) < 4.78 is 31.8. The quantitative estimate of drug-likeness (QED) is 0.796. The van der Waals surface area contributed by atoms with Crippen molar-refractivity contribution in [1.29, 1.82) is 0 Å². The van der Waals surface area contributed by atoms with Gasteiger partial charge in [0, 0.05) is 12.1 Å². The van der Waals surface area contributed by atoms with Gasteiger partial charge in [-0.2, -0.15) is 0 Å². The molecule has 1 amide bonds. The fraction of sp³-hybridized carbons (Fsp3) is 0.235. The van der Waals surface area contributed by atoms with Gasteiger partial charge < -0.3 is 10.1 Å². The minimum absolute atomic E-state index is 0.139. The summed E-state index contributed by atoms with van der Waals surface area (Å²) in [6.45, 7) is 1.74. The number of rotatable bonds is 7. The van der Waals surface area contributed by atoms with Crippen LogP contribution in [0, 0.1) is 6.92 Å². The van der Waals surface area contributed by atoms with Gasteiger partial charge in [0.2, 0.25) is 15.9 Å². The van der Waals surface area contributed by atoms with Crippen molar-refractivity contribution in [3.8, 4) is 5.75 Å². The highest BCUT2D eigenvalue weighted by Gasteiger charge is 2.15. The van der Waals surface area contributed by atoms with E-state index < -0.39 is 15.9 Å². The second kappa shape index (κ2) is 7.94. The molecule has 0 aliphatic rings. The molecule has 2 aromatic carbocycles. The van der Waals surface area contributed by atoms with Crippen molar-refractivity contribution < 1.29 is 17.9 Å². The van der Waals surface area contributed by atoms with Crippen LogP contribution in [0.2, 0.25) is 0 Å². The van der Waals surface area contributed by atoms with Gasteiger partial charge in [-0.15, -0.1) is 0 Å². The van der Waals surface area contributed by atoms with Crippen LogP contribution in [0.1, 0.15) is 11.1 Å². The molecule has 0 heterocycles. The van der Waals surface area contributed by atoms with Crippen molar-refractivity contribution in [3.63, 3.8) is 0 Å². The topological polar surface area (TPSA) is 84.5 Å². The summed E-state index contributed by atoms with van der Waals surface area (Å²) in [5.41, 5.74) is 1.65. The molecule has 0 saturated carbocycles. The Morgan fingerprint density at radius 2 is 1.88 bits per heavy atom. The highest BCUT2D eigenvalue weighted by atomic mass is 32.2. The minimum atomic E-state index is -3.71. The van der Waals surface area contributed by atoms with E-state index >= 15 is 0 Å². The van der Waals surface area contributed by atoms with Crippen LogP contribution in [0.15, 0.2) is 53.4 Å². The van der Waals surface area contributed by atoms with Crippen molar-refractivity contribution in [3.05, 3.63) is 59.7 Å². The van der Waals surface area contributed by atoms with Crippen molar-refractivity contribution in [2.45, 2.75) is 18.4 Å². The molecule has 0 radical (unpaired) electrons. The van der Waals surface area contributed by atoms with E-state index in [4.69, 9.17) is 4.74 Å². The average molecular weight is 348 g/mol. The van der Waals surface area contributed by atoms with E-state index in [1.54, 1.807) is 38.3 Å². The number of carbonyl (C=O) groups is 1. The van der Waals surface area contributed by atoms with Crippen LogP contribution in [0.5, 0.6) is 5.75 Å². The Bertz CT molecular complexity index is 819. The first-order valence-electron chi connectivity index (χ1n) is 7.37. The zero-order valence-electron chi connectivity index (χ0n) is 13.6. The molecule has 0 unspecified atom stereocenters. The van der Waals surface area contributed by atoms with Crippen molar-refractivity contribution in [2.24, 2.45) is 0 Å². The van der Waals surface area contributed by atoms with Gasteiger partial charge in [0.05, 0.1) is 18.6 Å². The fourth-order valence-corrected chi connectivity index (χ4v) is 3.22. The Morgan fingerprint density at radius 1 is 1.12 bits per heavy atom. The van der Waals surface area contributed by atoms with E-state index in [1.165, 1.54) is 6.07 Å². The maximum Gasteiger partial charge on any atom is 0.241 e. The van der Waals surface area contributed by atoms with Crippen LogP contribution < -0.4 is 14.8 Å². The smallest absolute Gasteiger partial charge is 0.241 e. The van der Waals surface area contributed by atoms with Crippen LogP contribution in [0.3, 0.4) is 0 Å². The third kappa shape index (κ3) is 4.81. The molecule has 0 aromatic heterocycles. The molecule has 0 bridgehead atoms. The first-order chi connectivity index (χ1) is 11.4. The van der Waals surface area contributed by atoms with Gasteiger partial charge in [-0.1, -0.05) is 30.3 Å². The number of hydrogen-bond acceptors (Lipinski definition) is 4. The molecule has 2 rings (SSSR count). The standard InChI is InChI=1S/C17H20N2O4S/c1-13-6-5-8-15(10-13)24(21,22)19-12-17(20)18-11-14-7-3-4-9-16(14)23-2/h3-10,19H,11-12H2,1-2H3,(H,18,20). The summed E-state index contributed by atoms with van der Waals surface area (Å²) in [6.07, 6.45) is 0. The van der Waals surface area contributed by atoms with E-state index in [2.05, 4.69) is 10.0 Å². The molecule has 0 atom stereocenters. The van der Waals surface area contributed by atoms with Crippen LogP contribution in [-0.2, 0) is 21.4 Å². The second-order valence-corrected chi connectivity index (χ2v) is 7.00. The summed E-state index contributed by atoms with van der Waals surface area (Å²) in [7, 11) is -2.16. The molecule has 128 valence electrons. The van der Waals surface area contributed by atoms with Gasteiger partial charge in [0.1, 0.15) is 5.75 Å². The largest absolute Gasteiger partial charge is 0.496 e. The number of hydrogen-bond donors (Lipinski definition) is 2. The highest BCUT2D eigenvalue weighted by molar-refractivity contribution is 7.89. The van der Waals surface area contributed by atoms with E-state index in [1.807, 2.05) is 18.2 Å². The molecule has 6 nitrogen and oxygen atoms in total. The van der Waals surface area contributed by atoms with Crippen molar-refractivity contribution in [1.82, 2.24) is 10.0 Å². The van der Waals surface area contributed by atoms with E-state index in [-0.39, 0.29) is 18.0 Å². The summed E-state index contributed by atoms with van der Waals surface area (Å²) in [6, 6.07) is 13.8. The Morgan fingerprint density at radius 3 is 2.58 bits per heavy atom. The SMILES string of the molecule is COc1ccccc1CNC(=O)CNS(=O)(=O)c1cccc(C)c1. The lowest BCUT2D eigenvalue weighted by molar-refractivity contribution is -0.120. The van der Waals surface area contributed by atoms with Gasteiger partial charge in [-0.05, 0) is 30.7 Å². The lowest BCUT2D eigenvalue weighted by Crippen LogP contribution is -2.36. The van der Waals surface area contributed by atoms with E-state index in [0.29, 0.717) is 5.75 Å². The van der Waals surface area contributed by atoms with Crippen LogP contribution >= 0.6 is 0 Å². The number of methoxy groups -OCH3 is 1. The Kier molecular flexibility index (Phi) is 5.94. The molecule has 2 N–H and O–H groups in total. The number of aryl methyl sites for hydroxylation is 1. The van der Waals surface area contributed by atoms with E-state index in [0.717, 1.165) is 11.1 Å². The molecule has 0 spiro atoms. The number of amides is 1. The first-order valence-corrected chi connectivity index (χ1v) is 8.85.